The van der Waals surface area contributed by atoms with Crippen molar-refractivity contribution in [2.45, 2.75) is 19.0 Å². The summed E-state index contributed by atoms with van der Waals surface area (Å²) in [7, 11) is 0. The predicted molar refractivity (Wildman–Crippen MR) is 55.0 cm³/mol. The summed E-state index contributed by atoms with van der Waals surface area (Å²) in [5, 5.41) is 17.8. The van der Waals surface area contributed by atoms with E-state index in [9.17, 15) is 9.59 Å². The zero-order chi connectivity index (χ0) is 11.7. The fourth-order valence-corrected chi connectivity index (χ4v) is 2.05. The monoisotopic (exact) mass is 221 g/mol. The van der Waals surface area contributed by atoms with Gasteiger partial charge in [0, 0.05) is 6.54 Å². The standard InChI is InChI=1S/C11H11NO4/c13-10(14)5-9-8-4-2-1-3-7(8)6-12(9)11(15)16/h1-4,9H,5-6H2,(H,13,14)(H,15,16). The molecule has 0 fully saturated rings. The molecule has 5 nitrogen and oxygen atoms in total. The fraction of sp³-hybridized carbons (Fsp3) is 0.273. The van der Waals surface area contributed by atoms with Crippen LogP contribution >= 0.6 is 0 Å². The molecule has 1 aromatic rings. The van der Waals surface area contributed by atoms with Crippen LogP contribution in [0.3, 0.4) is 0 Å². The van der Waals surface area contributed by atoms with Crippen molar-refractivity contribution in [2.75, 3.05) is 0 Å². The lowest BCUT2D eigenvalue weighted by atomic mass is 10.0. The van der Waals surface area contributed by atoms with Gasteiger partial charge in [-0.05, 0) is 11.1 Å². The zero-order valence-corrected chi connectivity index (χ0v) is 8.46. The average Bonchev–Trinajstić information content (AvgIpc) is 2.57. The van der Waals surface area contributed by atoms with Gasteiger partial charge in [-0.1, -0.05) is 24.3 Å². The number of nitrogens with zero attached hydrogens (tertiary/aromatic N) is 1. The van der Waals surface area contributed by atoms with E-state index in [-0.39, 0.29) is 13.0 Å². The SMILES string of the molecule is O=C(O)CC1c2ccccc2CN1C(=O)O. The third kappa shape index (κ3) is 1.71. The van der Waals surface area contributed by atoms with Crippen molar-refractivity contribution < 1.29 is 19.8 Å². The first-order valence-corrected chi connectivity index (χ1v) is 4.88. The Balaban J connectivity index is 2.35. The van der Waals surface area contributed by atoms with Crippen LogP contribution in [-0.2, 0) is 11.3 Å². The fourth-order valence-electron chi connectivity index (χ4n) is 2.05. The van der Waals surface area contributed by atoms with Gasteiger partial charge in [0.2, 0.25) is 0 Å². The molecule has 1 unspecified atom stereocenters. The molecular formula is C11H11NO4. The van der Waals surface area contributed by atoms with Crippen LogP contribution in [0.2, 0.25) is 0 Å². The second-order valence-electron chi connectivity index (χ2n) is 3.72. The summed E-state index contributed by atoms with van der Waals surface area (Å²) in [5.74, 6) is -0.993. The van der Waals surface area contributed by atoms with Crippen LogP contribution in [0.1, 0.15) is 23.6 Å². The Kier molecular flexibility index (Phi) is 2.52. The van der Waals surface area contributed by atoms with Crippen molar-refractivity contribution in [1.29, 1.82) is 0 Å². The molecule has 0 bridgehead atoms. The summed E-state index contributed by atoms with van der Waals surface area (Å²) >= 11 is 0. The van der Waals surface area contributed by atoms with Crippen molar-refractivity contribution in [3.63, 3.8) is 0 Å². The highest BCUT2D eigenvalue weighted by atomic mass is 16.4. The molecule has 1 aromatic carbocycles. The van der Waals surface area contributed by atoms with Crippen LogP contribution in [0, 0.1) is 0 Å². The molecule has 0 aliphatic carbocycles. The Morgan fingerprint density at radius 2 is 2.00 bits per heavy atom. The summed E-state index contributed by atoms with van der Waals surface area (Å²) in [6.07, 6.45) is -1.27. The Morgan fingerprint density at radius 3 is 2.62 bits per heavy atom. The van der Waals surface area contributed by atoms with Crippen LogP contribution in [0.5, 0.6) is 0 Å². The number of rotatable bonds is 2. The first kappa shape index (κ1) is 10.5. The van der Waals surface area contributed by atoms with Crippen molar-refractivity contribution in [1.82, 2.24) is 4.90 Å². The topological polar surface area (TPSA) is 77.8 Å². The number of benzene rings is 1. The van der Waals surface area contributed by atoms with Crippen LogP contribution in [-0.4, -0.2) is 27.2 Å². The lowest BCUT2D eigenvalue weighted by Crippen LogP contribution is -2.29. The van der Waals surface area contributed by atoms with Gasteiger partial charge in [-0.25, -0.2) is 4.79 Å². The Bertz CT molecular complexity index is 443. The van der Waals surface area contributed by atoms with Gasteiger partial charge in [0.05, 0.1) is 12.5 Å². The number of aliphatic carboxylic acids is 1. The van der Waals surface area contributed by atoms with Crippen LogP contribution in [0.25, 0.3) is 0 Å². The minimum absolute atomic E-state index is 0.191. The van der Waals surface area contributed by atoms with Crippen LogP contribution < -0.4 is 0 Å². The second-order valence-corrected chi connectivity index (χ2v) is 3.72. The van der Waals surface area contributed by atoms with E-state index >= 15 is 0 Å². The summed E-state index contributed by atoms with van der Waals surface area (Å²) in [4.78, 5) is 22.9. The Hall–Kier alpha value is -2.04. The second kappa shape index (κ2) is 3.84. The minimum atomic E-state index is -1.08. The van der Waals surface area contributed by atoms with Crippen LogP contribution in [0.4, 0.5) is 4.79 Å². The van der Waals surface area contributed by atoms with E-state index in [1.54, 1.807) is 12.1 Å². The molecule has 16 heavy (non-hydrogen) atoms. The number of carboxylic acids is 1. The molecule has 5 heteroatoms. The van der Waals surface area contributed by atoms with Crippen molar-refractivity contribution in [3.8, 4) is 0 Å². The van der Waals surface area contributed by atoms with Crippen LogP contribution in [0.15, 0.2) is 24.3 Å². The van der Waals surface area contributed by atoms with Crippen molar-refractivity contribution >= 4 is 12.1 Å². The van der Waals surface area contributed by atoms with E-state index in [4.69, 9.17) is 10.2 Å². The summed E-state index contributed by atoms with van der Waals surface area (Å²) in [6, 6.07) is 6.66. The van der Waals surface area contributed by atoms with E-state index in [1.165, 1.54) is 4.90 Å². The molecule has 0 radical (unpaired) electrons. The first-order chi connectivity index (χ1) is 7.59. The summed E-state index contributed by atoms with van der Waals surface area (Å²) < 4.78 is 0. The smallest absolute Gasteiger partial charge is 0.408 e. The van der Waals surface area contributed by atoms with Crippen molar-refractivity contribution in [3.05, 3.63) is 35.4 Å². The zero-order valence-electron chi connectivity index (χ0n) is 8.46. The lowest BCUT2D eigenvalue weighted by Gasteiger charge is -2.20. The Morgan fingerprint density at radius 1 is 1.31 bits per heavy atom. The van der Waals surface area contributed by atoms with E-state index in [1.807, 2.05) is 12.1 Å². The van der Waals surface area contributed by atoms with E-state index < -0.39 is 18.1 Å². The lowest BCUT2D eigenvalue weighted by molar-refractivity contribution is -0.138. The number of hydrogen-bond donors (Lipinski definition) is 2. The van der Waals surface area contributed by atoms with Gasteiger partial charge in [-0.2, -0.15) is 0 Å². The predicted octanol–water partition coefficient (Wildman–Crippen LogP) is 1.70. The molecule has 1 amide bonds. The normalized spacial score (nSPS) is 18.2. The molecule has 84 valence electrons. The molecular weight excluding hydrogens is 210 g/mol. The van der Waals surface area contributed by atoms with E-state index in [0.29, 0.717) is 0 Å². The molecule has 1 atom stereocenters. The molecule has 0 spiro atoms. The largest absolute Gasteiger partial charge is 0.481 e. The minimum Gasteiger partial charge on any atom is -0.481 e. The molecule has 0 aromatic heterocycles. The molecule has 1 aliphatic rings. The average molecular weight is 221 g/mol. The Labute approximate surface area is 91.9 Å². The number of amides is 1. The van der Waals surface area contributed by atoms with Gasteiger partial charge in [0.1, 0.15) is 0 Å². The van der Waals surface area contributed by atoms with E-state index in [0.717, 1.165) is 11.1 Å². The van der Waals surface area contributed by atoms with Gasteiger partial charge >= 0.3 is 12.1 Å². The van der Waals surface area contributed by atoms with Gasteiger partial charge in [0.25, 0.3) is 0 Å². The maximum Gasteiger partial charge on any atom is 0.408 e. The highest BCUT2D eigenvalue weighted by Crippen LogP contribution is 2.35. The molecule has 1 heterocycles. The van der Waals surface area contributed by atoms with Gasteiger partial charge in [0.15, 0.2) is 0 Å². The highest BCUT2D eigenvalue weighted by molar-refractivity contribution is 5.72. The van der Waals surface area contributed by atoms with Crippen molar-refractivity contribution in [2.24, 2.45) is 0 Å². The third-order valence-corrected chi connectivity index (χ3v) is 2.74. The number of carboxylic acid groups (broad SMARTS) is 2. The van der Waals surface area contributed by atoms with E-state index in [2.05, 4.69) is 0 Å². The molecule has 2 rings (SSSR count). The first-order valence-electron chi connectivity index (χ1n) is 4.88. The maximum atomic E-state index is 11.0. The summed E-state index contributed by atoms with van der Waals surface area (Å²) in [6.45, 7) is 0.267. The quantitative estimate of drug-likeness (QED) is 0.796. The van der Waals surface area contributed by atoms with Gasteiger partial charge < -0.3 is 10.2 Å². The summed E-state index contributed by atoms with van der Waals surface area (Å²) in [5.41, 5.74) is 1.68. The van der Waals surface area contributed by atoms with Gasteiger partial charge in [-0.15, -0.1) is 0 Å². The number of hydrogen-bond acceptors (Lipinski definition) is 2. The van der Waals surface area contributed by atoms with Gasteiger partial charge in [-0.3, -0.25) is 9.69 Å². The highest BCUT2D eigenvalue weighted by Gasteiger charge is 2.34. The third-order valence-electron chi connectivity index (χ3n) is 2.74. The maximum absolute atomic E-state index is 11.0. The molecule has 0 saturated carbocycles. The molecule has 0 saturated heterocycles. The molecule has 2 N–H and O–H groups in total. The number of carbonyl (C=O) groups is 2. The number of fused-ring (bicyclic) bond motifs is 1. The molecule has 1 aliphatic heterocycles.